The van der Waals surface area contributed by atoms with Gasteiger partial charge in [-0.25, -0.2) is 4.79 Å². The average molecular weight is 439 g/mol. The van der Waals surface area contributed by atoms with Crippen molar-refractivity contribution >= 4 is 34.2 Å². The second-order valence-electron chi connectivity index (χ2n) is 7.28. The van der Waals surface area contributed by atoms with Crippen molar-refractivity contribution in [3.8, 4) is 5.75 Å². The highest BCUT2D eigenvalue weighted by Crippen LogP contribution is 2.33. The lowest BCUT2D eigenvalue weighted by Gasteiger charge is -2.15. The van der Waals surface area contributed by atoms with E-state index in [-0.39, 0.29) is 12.2 Å². The number of benzene rings is 3. The molecule has 0 fully saturated rings. The van der Waals surface area contributed by atoms with E-state index in [2.05, 4.69) is 0 Å². The number of hydrogen-bond acceptors (Lipinski definition) is 3. The van der Waals surface area contributed by atoms with Crippen molar-refractivity contribution in [3.05, 3.63) is 109 Å². The maximum atomic E-state index is 12.7. The molecule has 152 valence electrons. The molecule has 1 aromatic heterocycles. The van der Waals surface area contributed by atoms with Crippen LogP contribution in [0.1, 0.15) is 27.8 Å². The van der Waals surface area contributed by atoms with E-state index in [1.54, 1.807) is 18.2 Å². The van der Waals surface area contributed by atoms with Crippen molar-refractivity contribution in [2.45, 2.75) is 26.9 Å². The fraction of sp³-hybridized carbons (Fsp3) is 0.160. The standard InChI is InChI=1S/C25H20Cl2O3/c1-15-11-22(29-14-19-20(26)9-6-10-21(19)27)24-16(2)18(25(28)30-23(24)12-15)13-17-7-4-3-5-8-17/h3-12H,13-14H2,1-2H3. The third-order valence-electron chi connectivity index (χ3n) is 5.14. The van der Waals surface area contributed by atoms with Crippen molar-refractivity contribution < 1.29 is 9.15 Å². The van der Waals surface area contributed by atoms with E-state index in [0.717, 1.165) is 27.6 Å². The van der Waals surface area contributed by atoms with Gasteiger partial charge in [-0.2, -0.15) is 0 Å². The SMILES string of the molecule is Cc1cc(OCc2c(Cl)cccc2Cl)c2c(C)c(Cc3ccccc3)c(=O)oc2c1. The van der Waals surface area contributed by atoms with E-state index in [1.807, 2.05) is 56.3 Å². The summed E-state index contributed by atoms with van der Waals surface area (Å²) in [4.78, 5) is 12.7. The van der Waals surface area contributed by atoms with E-state index in [1.165, 1.54) is 0 Å². The fourth-order valence-electron chi connectivity index (χ4n) is 3.58. The molecule has 0 N–H and O–H groups in total. The van der Waals surface area contributed by atoms with Crippen LogP contribution in [0.15, 0.2) is 69.9 Å². The molecular weight excluding hydrogens is 419 g/mol. The predicted molar refractivity (Wildman–Crippen MR) is 122 cm³/mol. The lowest BCUT2D eigenvalue weighted by molar-refractivity contribution is 0.309. The first kappa shape index (κ1) is 20.5. The Kier molecular flexibility index (Phi) is 5.85. The molecule has 0 atom stereocenters. The molecule has 0 radical (unpaired) electrons. The topological polar surface area (TPSA) is 39.4 Å². The van der Waals surface area contributed by atoms with Gasteiger partial charge >= 0.3 is 5.63 Å². The van der Waals surface area contributed by atoms with Gasteiger partial charge in [0.1, 0.15) is 17.9 Å². The Bertz CT molecular complexity index is 1260. The largest absolute Gasteiger partial charge is 0.488 e. The number of hydrogen-bond donors (Lipinski definition) is 0. The first-order chi connectivity index (χ1) is 14.4. The Balaban J connectivity index is 1.79. The molecule has 30 heavy (non-hydrogen) atoms. The van der Waals surface area contributed by atoms with Gasteiger partial charge in [0.25, 0.3) is 0 Å². The number of ether oxygens (including phenoxy) is 1. The Morgan fingerprint density at radius 1 is 0.900 bits per heavy atom. The number of fused-ring (bicyclic) bond motifs is 1. The third kappa shape index (κ3) is 4.09. The molecule has 4 rings (SSSR count). The van der Waals surface area contributed by atoms with Crippen LogP contribution in [0, 0.1) is 13.8 Å². The third-order valence-corrected chi connectivity index (χ3v) is 5.85. The second-order valence-corrected chi connectivity index (χ2v) is 8.09. The zero-order valence-corrected chi connectivity index (χ0v) is 18.2. The number of halogens is 2. The average Bonchev–Trinajstić information content (AvgIpc) is 2.71. The molecule has 0 aliphatic rings. The molecule has 0 saturated carbocycles. The van der Waals surface area contributed by atoms with Gasteiger partial charge in [0.15, 0.2) is 0 Å². The van der Waals surface area contributed by atoms with Crippen molar-refractivity contribution in [1.29, 1.82) is 0 Å². The molecule has 0 aliphatic heterocycles. The molecular formula is C25H20Cl2O3. The molecule has 4 aromatic rings. The zero-order chi connectivity index (χ0) is 21.3. The Hall–Kier alpha value is -2.75. The number of aryl methyl sites for hydroxylation is 2. The minimum absolute atomic E-state index is 0.212. The van der Waals surface area contributed by atoms with E-state index in [9.17, 15) is 4.79 Å². The van der Waals surface area contributed by atoms with Gasteiger partial charge in [0.05, 0.1) is 5.39 Å². The summed E-state index contributed by atoms with van der Waals surface area (Å²) >= 11 is 12.6. The van der Waals surface area contributed by atoms with Gasteiger partial charge in [-0.1, -0.05) is 59.6 Å². The van der Waals surface area contributed by atoms with Crippen LogP contribution in [0.3, 0.4) is 0 Å². The first-order valence-electron chi connectivity index (χ1n) is 9.60. The summed E-state index contributed by atoms with van der Waals surface area (Å²) in [5.41, 5.74) is 4.36. The summed E-state index contributed by atoms with van der Waals surface area (Å²) in [5, 5.41) is 1.88. The fourth-order valence-corrected chi connectivity index (χ4v) is 4.08. The van der Waals surface area contributed by atoms with Crippen LogP contribution in [0.2, 0.25) is 10.0 Å². The van der Waals surface area contributed by atoms with Crippen molar-refractivity contribution in [2.75, 3.05) is 0 Å². The lowest BCUT2D eigenvalue weighted by atomic mass is 9.98. The van der Waals surface area contributed by atoms with Gasteiger partial charge < -0.3 is 9.15 Å². The molecule has 0 unspecified atom stereocenters. The predicted octanol–water partition coefficient (Wildman–Crippen LogP) is 6.89. The van der Waals surface area contributed by atoms with Gasteiger partial charge in [-0.3, -0.25) is 0 Å². The highest BCUT2D eigenvalue weighted by Gasteiger charge is 2.17. The maximum Gasteiger partial charge on any atom is 0.340 e. The molecule has 5 heteroatoms. The molecule has 0 aliphatic carbocycles. The van der Waals surface area contributed by atoms with Gasteiger partial charge in [-0.15, -0.1) is 0 Å². The van der Waals surface area contributed by atoms with Crippen LogP contribution in [-0.4, -0.2) is 0 Å². The smallest absolute Gasteiger partial charge is 0.340 e. The maximum absolute atomic E-state index is 12.7. The Morgan fingerprint density at radius 2 is 1.60 bits per heavy atom. The van der Waals surface area contributed by atoms with Gasteiger partial charge in [-0.05, 0) is 54.8 Å². The summed E-state index contributed by atoms with van der Waals surface area (Å²) in [6.07, 6.45) is 0.495. The molecule has 0 saturated heterocycles. The summed E-state index contributed by atoms with van der Waals surface area (Å²) in [5.74, 6) is 0.636. The highest BCUT2D eigenvalue weighted by atomic mass is 35.5. The van der Waals surface area contributed by atoms with E-state index >= 15 is 0 Å². The van der Waals surface area contributed by atoms with E-state index in [0.29, 0.717) is 33.4 Å². The summed E-state index contributed by atoms with van der Waals surface area (Å²) in [6.45, 7) is 4.08. The van der Waals surface area contributed by atoms with Crippen molar-refractivity contribution in [1.82, 2.24) is 0 Å². The zero-order valence-electron chi connectivity index (χ0n) is 16.7. The molecule has 1 heterocycles. The van der Waals surface area contributed by atoms with E-state index in [4.69, 9.17) is 32.4 Å². The van der Waals surface area contributed by atoms with Gasteiger partial charge in [0.2, 0.25) is 0 Å². The quantitative estimate of drug-likeness (QED) is 0.318. The monoisotopic (exact) mass is 438 g/mol. The van der Waals surface area contributed by atoms with Crippen molar-refractivity contribution in [3.63, 3.8) is 0 Å². The Morgan fingerprint density at radius 3 is 2.30 bits per heavy atom. The molecule has 0 amide bonds. The highest BCUT2D eigenvalue weighted by molar-refractivity contribution is 6.35. The second kappa shape index (κ2) is 8.55. The van der Waals surface area contributed by atoms with Crippen LogP contribution in [-0.2, 0) is 13.0 Å². The van der Waals surface area contributed by atoms with Crippen LogP contribution < -0.4 is 10.4 Å². The van der Waals surface area contributed by atoms with Crippen LogP contribution in [0.25, 0.3) is 11.0 Å². The molecule has 3 aromatic carbocycles. The van der Waals surface area contributed by atoms with E-state index < -0.39 is 0 Å². The van der Waals surface area contributed by atoms with Gasteiger partial charge in [0, 0.05) is 27.6 Å². The van der Waals surface area contributed by atoms with Crippen molar-refractivity contribution in [2.24, 2.45) is 0 Å². The Labute approximate surface area is 184 Å². The summed E-state index contributed by atoms with van der Waals surface area (Å²) < 4.78 is 11.8. The van der Waals surface area contributed by atoms with Crippen LogP contribution >= 0.6 is 23.2 Å². The summed E-state index contributed by atoms with van der Waals surface area (Å²) in [7, 11) is 0. The first-order valence-corrected chi connectivity index (χ1v) is 10.4. The lowest BCUT2D eigenvalue weighted by Crippen LogP contribution is -2.11. The molecule has 0 spiro atoms. The molecule has 3 nitrogen and oxygen atoms in total. The minimum atomic E-state index is -0.324. The normalized spacial score (nSPS) is 11.1. The number of rotatable bonds is 5. The minimum Gasteiger partial charge on any atom is -0.488 e. The summed E-state index contributed by atoms with van der Waals surface area (Å²) in [6, 6.07) is 19.0. The molecule has 0 bridgehead atoms. The van der Waals surface area contributed by atoms with Crippen LogP contribution in [0.5, 0.6) is 5.75 Å². The van der Waals surface area contributed by atoms with Crippen LogP contribution in [0.4, 0.5) is 0 Å².